The zero-order valence-electron chi connectivity index (χ0n) is 9.68. The molecule has 3 rings (SSSR count). The van der Waals surface area contributed by atoms with Crippen molar-refractivity contribution in [1.82, 2.24) is 4.90 Å². The van der Waals surface area contributed by atoms with Gasteiger partial charge in [-0.05, 0) is 57.9 Å². The summed E-state index contributed by atoms with van der Waals surface area (Å²) in [5, 5.41) is 0. The summed E-state index contributed by atoms with van der Waals surface area (Å²) in [7, 11) is 0. The Morgan fingerprint density at radius 1 is 1.29 bits per heavy atom. The zero-order chi connectivity index (χ0) is 9.81. The second-order valence-corrected chi connectivity index (χ2v) is 5.98. The van der Waals surface area contributed by atoms with Crippen LogP contribution < -0.4 is 0 Å². The Bertz CT molecular complexity index is 246. The first kappa shape index (κ1) is 9.21. The lowest BCUT2D eigenvalue weighted by atomic mass is 9.84. The van der Waals surface area contributed by atoms with E-state index >= 15 is 0 Å². The molecule has 3 aliphatic rings. The fraction of sp³-hybridized carbons (Fsp3) is 1.00. The van der Waals surface area contributed by atoms with E-state index in [9.17, 15) is 0 Å². The molecular formula is C13H23N. The lowest BCUT2D eigenvalue weighted by Crippen LogP contribution is -2.48. The van der Waals surface area contributed by atoms with E-state index in [2.05, 4.69) is 18.7 Å². The largest absolute Gasteiger partial charge is 0.292 e. The third-order valence-electron chi connectivity index (χ3n) is 5.61. The molecule has 0 radical (unpaired) electrons. The highest BCUT2D eigenvalue weighted by molar-refractivity contribution is 5.15. The van der Waals surface area contributed by atoms with Gasteiger partial charge in [-0.1, -0.05) is 13.3 Å². The molecule has 0 aromatic rings. The number of hydrogen-bond donors (Lipinski definition) is 0. The lowest BCUT2D eigenvalue weighted by Gasteiger charge is -2.40. The maximum atomic E-state index is 2.91. The summed E-state index contributed by atoms with van der Waals surface area (Å²) in [5.74, 6) is 1.03. The Morgan fingerprint density at radius 3 is 2.93 bits per heavy atom. The summed E-state index contributed by atoms with van der Waals surface area (Å²) in [6, 6.07) is 0. The fourth-order valence-electron chi connectivity index (χ4n) is 4.82. The van der Waals surface area contributed by atoms with E-state index < -0.39 is 0 Å². The van der Waals surface area contributed by atoms with Crippen LogP contribution in [0, 0.1) is 5.92 Å². The van der Waals surface area contributed by atoms with Crippen LogP contribution in [0.2, 0.25) is 0 Å². The van der Waals surface area contributed by atoms with Gasteiger partial charge in [0.1, 0.15) is 0 Å². The highest BCUT2D eigenvalue weighted by atomic mass is 15.3. The monoisotopic (exact) mass is 193 g/mol. The highest BCUT2D eigenvalue weighted by Gasteiger charge is 2.59. The zero-order valence-corrected chi connectivity index (χ0v) is 9.68. The van der Waals surface area contributed by atoms with Crippen molar-refractivity contribution in [3.05, 3.63) is 0 Å². The topological polar surface area (TPSA) is 3.24 Å². The predicted octanol–water partition coefficient (Wildman–Crippen LogP) is 3.19. The molecule has 2 saturated heterocycles. The van der Waals surface area contributed by atoms with Crippen LogP contribution in [-0.2, 0) is 0 Å². The van der Waals surface area contributed by atoms with Gasteiger partial charge >= 0.3 is 0 Å². The molecule has 1 heteroatoms. The molecule has 14 heavy (non-hydrogen) atoms. The maximum absolute atomic E-state index is 2.91. The normalized spacial score (nSPS) is 52.3. The molecule has 0 N–H and O–H groups in total. The minimum Gasteiger partial charge on any atom is -0.292 e. The quantitative estimate of drug-likeness (QED) is 0.618. The number of rotatable bonds is 1. The maximum Gasteiger partial charge on any atom is 0.0216 e. The van der Waals surface area contributed by atoms with Crippen molar-refractivity contribution < 1.29 is 0 Å². The van der Waals surface area contributed by atoms with Gasteiger partial charge in [-0.15, -0.1) is 0 Å². The SMILES string of the molecule is CCC12CCCN1C1(C)CCCC1C2. The molecule has 3 atom stereocenters. The van der Waals surface area contributed by atoms with Crippen LogP contribution in [0.15, 0.2) is 0 Å². The van der Waals surface area contributed by atoms with Crippen LogP contribution in [0.3, 0.4) is 0 Å². The van der Waals surface area contributed by atoms with Crippen LogP contribution in [0.1, 0.15) is 58.8 Å². The van der Waals surface area contributed by atoms with Gasteiger partial charge in [0.05, 0.1) is 0 Å². The second kappa shape index (κ2) is 2.75. The summed E-state index contributed by atoms with van der Waals surface area (Å²) in [4.78, 5) is 2.91. The van der Waals surface area contributed by atoms with Gasteiger partial charge in [-0.25, -0.2) is 0 Å². The Kier molecular flexibility index (Phi) is 1.81. The molecule has 3 unspecified atom stereocenters. The molecule has 0 aromatic heterocycles. The van der Waals surface area contributed by atoms with Crippen molar-refractivity contribution >= 4 is 0 Å². The van der Waals surface area contributed by atoms with E-state index in [-0.39, 0.29) is 0 Å². The first-order valence-electron chi connectivity index (χ1n) is 6.49. The van der Waals surface area contributed by atoms with E-state index in [0.29, 0.717) is 11.1 Å². The first-order valence-corrected chi connectivity index (χ1v) is 6.49. The van der Waals surface area contributed by atoms with E-state index in [4.69, 9.17) is 0 Å². The Morgan fingerprint density at radius 2 is 2.14 bits per heavy atom. The van der Waals surface area contributed by atoms with Gasteiger partial charge in [-0.3, -0.25) is 4.90 Å². The molecule has 1 saturated carbocycles. The molecular weight excluding hydrogens is 170 g/mol. The molecule has 80 valence electrons. The molecule has 2 aliphatic heterocycles. The van der Waals surface area contributed by atoms with Gasteiger partial charge in [-0.2, -0.15) is 0 Å². The number of hydrogen-bond acceptors (Lipinski definition) is 1. The van der Waals surface area contributed by atoms with Crippen LogP contribution in [0.5, 0.6) is 0 Å². The van der Waals surface area contributed by atoms with Crippen LogP contribution >= 0.6 is 0 Å². The van der Waals surface area contributed by atoms with Crippen molar-refractivity contribution in [2.24, 2.45) is 5.92 Å². The van der Waals surface area contributed by atoms with Crippen molar-refractivity contribution in [3.63, 3.8) is 0 Å². The molecule has 1 nitrogen and oxygen atoms in total. The molecule has 2 heterocycles. The van der Waals surface area contributed by atoms with Gasteiger partial charge in [0.15, 0.2) is 0 Å². The van der Waals surface area contributed by atoms with Gasteiger partial charge < -0.3 is 0 Å². The highest BCUT2D eigenvalue weighted by Crippen LogP contribution is 2.58. The van der Waals surface area contributed by atoms with Gasteiger partial charge in [0, 0.05) is 11.1 Å². The summed E-state index contributed by atoms with van der Waals surface area (Å²) in [6.45, 7) is 6.34. The van der Waals surface area contributed by atoms with E-state index in [1.165, 1.54) is 51.5 Å². The van der Waals surface area contributed by atoms with Crippen LogP contribution in [-0.4, -0.2) is 22.5 Å². The lowest BCUT2D eigenvalue weighted by molar-refractivity contribution is 0.0781. The van der Waals surface area contributed by atoms with Crippen molar-refractivity contribution in [2.75, 3.05) is 6.54 Å². The van der Waals surface area contributed by atoms with Crippen molar-refractivity contribution in [1.29, 1.82) is 0 Å². The smallest absolute Gasteiger partial charge is 0.0216 e. The first-order chi connectivity index (χ1) is 6.71. The second-order valence-electron chi connectivity index (χ2n) is 5.98. The van der Waals surface area contributed by atoms with Crippen LogP contribution in [0.25, 0.3) is 0 Å². The molecule has 1 aliphatic carbocycles. The Balaban J connectivity index is 1.97. The molecule has 0 amide bonds. The number of nitrogens with zero attached hydrogens (tertiary/aromatic N) is 1. The van der Waals surface area contributed by atoms with Crippen molar-refractivity contribution in [2.45, 2.75) is 69.9 Å². The van der Waals surface area contributed by atoms with Gasteiger partial charge in [0.25, 0.3) is 0 Å². The Labute approximate surface area is 87.9 Å². The average molecular weight is 193 g/mol. The summed E-state index contributed by atoms with van der Waals surface area (Å²) in [6.07, 6.45) is 10.3. The Hall–Kier alpha value is -0.0400. The molecule has 3 fully saturated rings. The average Bonchev–Trinajstić information content (AvgIpc) is 2.76. The summed E-state index contributed by atoms with van der Waals surface area (Å²) in [5.41, 5.74) is 1.24. The fourth-order valence-corrected chi connectivity index (χ4v) is 4.82. The minimum atomic E-state index is 0.604. The van der Waals surface area contributed by atoms with Crippen molar-refractivity contribution in [3.8, 4) is 0 Å². The summed E-state index contributed by atoms with van der Waals surface area (Å²) >= 11 is 0. The van der Waals surface area contributed by atoms with E-state index in [1.807, 2.05) is 0 Å². The molecule has 0 bridgehead atoms. The number of fused-ring (bicyclic) bond motifs is 3. The third-order valence-corrected chi connectivity index (χ3v) is 5.61. The van der Waals surface area contributed by atoms with E-state index in [1.54, 1.807) is 0 Å². The molecule has 0 spiro atoms. The van der Waals surface area contributed by atoms with Gasteiger partial charge in [0.2, 0.25) is 0 Å². The minimum absolute atomic E-state index is 0.604. The summed E-state index contributed by atoms with van der Waals surface area (Å²) < 4.78 is 0. The predicted molar refractivity (Wildman–Crippen MR) is 59.3 cm³/mol. The standard InChI is InChI=1S/C13H23N/c1-3-13-8-5-9-14(13)12(2)7-4-6-11(12)10-13/h11H,3-10H2,1-2H3. The third kappa shape index (κ3) is 0.900. The van der Waals surface area contributed by atoms with E-state index in [0.717, 1.165) is 5.92 Å². The van der Waals surface area contributed by atoms with Crippen LogP contribution in [0.4, 0.5) is 0 Å². The molecule has 0 aromatic carbocycles.